The summed E-state index contributed by atoms with van der Waals surface area (Å²) >= 11 is 0. The minimum atomic E-state index is -1.14. The van der Waals surface area contributed by atoms with Crippen LogP contribution in [0.4, 0.5) is 0 Å². The summed E-state index contributed by atoms with van der Waals surface area (Å²) in [7, 11) is 1.53. The molecule has 0 bridgehead atoms. The van der Waals surface area contributed by atoms with Crippen LogP contribution in [-0.4, -0.2) is 56.0 Å². The molecule has 5 nitrogen and oxygen atoms in total. The maximum atomic E-state index is 11.9. The molecule has 0 aromatic heterocycles. The van der Waals surface area contributed by atoms with Crippen LogP contribution in [-0.2, 0) is 19.8 Å². The van der Waals surface area contributed by atoms with Crippen molar-refractivity contribution in [1.29, 1.82) is 0 Å². The molecule has 1 unspecified atom stereocenters. The molecule has 1 saturated heterocycles. The van der Waals surface area contributed by atoms with Gasteiger partial charge in [-0.3, -0.25) is 4.90 Å². The highest BCUT2D eigenvalue weighted by atomic mass is 16.5. The Balaban J connectivity index is 2.43. The molecule has 1 aliphatic heterocycles. The number of nitrogens with zero attached hydrogens (tertiary/aromatic N) is 1. The van der Waals surface area contributed by atoms with Crippen molar-refractivity contribution < 1.29 is 19.4 Å². The second-order valence-electron chi connectivity index (χ2n) is 4.56. The molecule has 1 aromatic carbocycles. The van der Waals surface area contributed by atoms with Crippen LogP contribution in [0.3, 0.4) is 0 Å². The van der Waals surface area contributed by atoms with Gasteiger partial charge < -0.3 is 14.6 Å². The van der Waals surface area contributed by atoms with Gasteiger partial charge >= 0.3 is 5.97 Å². The largest absolute Gasteiger partial charge is 0.480 e. The molecule has 104 valence electrons. The van der Waals surface area contributed by atoms with Crippen LogP contribution in [0.15, 0.2) is 30.3 Å². The number of ether oxygens (including phenoxy) is 2. The number of hydrogen-bond acceptors (Lipinski definition) is 4. The number of carbonyl (C=O) groups is 1. The Morgan fingerprint density at radius 3 is 2.53 bits per heavy atom. The summed E-state index contributed by atoms with van der Waals surface area (Å²) < 4.78 is 10.5. The average Bonchev–Trinajstić information content (AvgIpc) is 2.46. The van der Waals surface area contributed by atoms with Crippen molar-refractivity contribution in [3.8, 4) is 0 Å². The van der Waals surface area contributed by atoms with Crippen LogP contribution in [0.2, 0.25) is 0 Å². The number of carboxylic acids is 1. The molecule has 0 amide bonds. The number of hydrogen-bond donors (Lipinski definition) is 1. The molecule has 19 heavy (non-hydrogen) atoms. The molecule has 1 N–H and O–H groups in total. The molecule has 1 heterocycles. The number of methoxy groups -OCH3 is 1. The maximum absolute atomic E-state index is 11.9. The van der Waals surface area contributed by atoms with Gasteiger partial charge in [-0.15, -0.1) is 0 Å². The zero-order valence-electron chi connectivity index (χ0n) is 11.0. The van der Waals surface area contributed by atoms with Gasteiger partial charge in [-0.25, -0.2) is 4.79 Å². The Morgan fingerprint density at radius 1 is 1.37 bits per heavy atom. The lowest BCUT2D eigenvalue weighted by Gasteiger charge is -2.42. The fraction of sp³-hybridized carbons (Fsp3) is 0.500. The van der Waals surface area contributed by atoms with Gasteiger partial charge in [-0.05, 0) is 5.56 Å². The standard InChI is InChI=1S/C14H19NO4/c1-18-11-14(13(16)17,12-5-3-2-4-6-12)15-7-9-19-10-8-15/h2-6H,7-11H2,1H3,(H,16,17). The summed E-state index contributed by atoms with van der Waals surface area (Å²) in [5, 5.41) is 9.80. The van der Waals surface area contributed by atoms with Gasteiger partial charge in [0.1, 0.15) is 0 Å². The van der Waals surface area contributed by atoms with Gasteiger partial charge in [0.25, 0.3) is 0 Å². The van der Waals surface area contributed by atoms with E-state index in [1.807, 2.05) is 35.2 Å². The van der Waals surface area contributed by atoms with Crippen LogP contribution >= 0.6 is 0 Å². The minimum absolute atomic E-state index is 0.117. The molecule has 2 rings (SSSR count). The molecule has 0 radical (unpaired) electrons. The lowest BCUT2D eigenvalue weighted by molar-refractivity contribution is -0.161. The van der Waals surface area contributed by atoms with E-state index in [1.165, 1.54) is 7.11 Å². The fourth-order valence-electron chi connectivity index (χ4n) is 2.55. The zero-order valence-corrected chi connectivity index (χ0v) is 11.0. The van der Waals surface area contributed by atoms with Crippen LogP contribution in [0.25, 0.3) is 0 Å². The number of benzene rings is 1. The molecule has 1 aromatic rings. The van der Waals surface area contributed by atoms with E-state index in [4.69, 9.17) is 9.47 Å². The molecule has 1 aliphatic rings. The Labute approximate surface area is 112 Å². The van der Waals surface area contributed by atoms with Gasteiger partial charge in [0.05, 0.1) is 19.8 Å². The van der Waals surface area contributed by atoms with Crippen LogP contribution in [0, 0.1) is 0 Å². The fourth-order valence-corrected chi connectivity index (χ4v) is 2.55. The summed E-state index contributed by atoms with van der Waals surface area (Å²) in [5.74, 6) is -0.887. The van der Waals surface area contributed by atoms with E-state index in [9.17, 15) is 9.90 Å². The number of aliphatic carboxylic acids is 1. The lowest BCUT2D eigenvalue weighted by Crippen LogP contribution is -2.58. The lowest BCUT2D eigenvalue weighted by atomic mass is 9.88. The molecule has 1 fully saturated rings. The monoisotopic (exact) mass is 265 g/mol. The van der Waals surface area contributed by atoms with Gasteiger partial charge in [0.15, 0.2) is 5.54 Å². The summed E-state index contributed by atoms with van der Waals surface area (Å²) in [6, 6.07) is 9.25. The van der Waals surface area contributed by atoms with E-state index in [1.54, 1.807) is 0 Å². The second kappa shape index (κ2) is 6.14. The second-order valence-corrected chi connectivity index (χ2v) is 4.56. The molecule has 0 aliphatic carbocycles. The van der Waals surface area contributed by atoms with Crippen LogP contribution in [0.1, 0.15) is 5.56 Å². The molecule has 0 spiro atoms. The van der Waals surface area contributed by atoms with E-state index in [0.717, 1.165) is 5.56 Å². The minimum Gasteiger partial charge on any atom is -0.480 e. The van der Waals surface area contributed by atoms with E-state index >= 15 is 0 Å². The summed E-state index contributed by atoms with van der Waals surface area (Å²) in [4.78, 5) is 13.9. The normalized spacial score (nSPS) is 19.8. The van der Waals surface area contributed by atoms with E-state index in [0.29, 0.717) is 26.3 Å². The first kappa shape index (κ1) is 14.0. The van der Waals surface area contributed by atoms with Gasteiger partial charge in [0.2, 0.25) is 0 Å². The molecule has 0 saturated carbocycles. The van der Waals surface area contributed by atoms with Crippen molar-refractivity contribution in [1.82, 2.24) is 4.90 Å². The quantitative estimate of drug-likeness (QED) is 0.859. The Morgan fingerprint density at radius 2 is 2.00 bits per heavy atom. The van der Waals surface area contributed by atoms with Gasteiger partial charge in [0, 0.05) is 20.2 Å². The third-order valence-electron chi connectivity index (χ3n) is 3.51. The Bertz CT molecular complexity index is 417. The van der Waals surface area contributed by atoms with E-state index in [2.05, 4.69) is 0 Å². The molecular formula is C14H19NO4. The summed E-state index contributed by atoms with van der Waals surface area (Å²) in [6.45, 7) is 2.39. The number of rotatable bonds is 5. The first-order valence-corrected chi connectivity index (χ1v) is 6.32. The zero-order chi connectivity index (χ0) is 13.7. The summed E-state index contributed by atoms with van der Waals surface area (Å²) in [5.41, 5.74) is -0.397. The van der Waals surface area contributed by atoms with Crippen molar-refractivity contribution in [2.24, 2.45) is 0 Å². The highest BCUT2D eigenvalue weighted by Gasteiger charge is 2.46. The molecular weight excluding hydrogens is 246 g/mol. The first-order valence-electron chi connectivity index (χ1n) is 6.32. The maximum Gasteiger partial charge on any atom is 0.331 e. The Kier molecular flexibility index (Phi) is 4.52. The predicted molar refractivity (Wildman–Crippen MR) is 70.0 cm³/mol. The van der Waals surface area contributed by atoms with Crippen molar-refractivity contribution >= 4 is 5.97 Å². The Hall–Kier alpha value is -1.43. The van der Waals surface area contributed by atoms with Crippen molar-refractivity contribution in [2.45, 2.75) is 5.54 Å². The summed E-state index contributed by atoms with van der Waals surface area (Å²) in [6.07, 6.45) is 0. The SMILES string of the molecule is COCC(C(=O)O)(c1ccccc1)N1CCOCC1. The average molecular weight is 265 g/mol. The van der Waals surface area contributed by atoms with E-state index < -0.39 is 11.5 Å². The number of carboxylic acid groups (broad SMARTS) is 1. The predicted octanol–water partition coefficient (Wildman–Crippen LogP) is 0.945. The first-order chi connectivity index (χ1) is 9.21. The van der Waals surface area contributed by atoms with Crippen LogP contribution in [0.5, 0.6) is 0 Å². The highest BCUT2D eigenvalue weighted by Crippen LogP contribution is 2.30. The van der Waals surface area contributed by atoms with Gasteiger partial charge in [-0.1, -0.05) is 30.3 Å². The number of morpholine rings is 1. The third-order valence-corrected chi connectivity index (χ3v) is 3.51. The highest BCUT2D eigenvalue weighted by molar-refractivity contribution is 5.81. The van der Waals surface area contributed by atoms with Crippen molar-refractivity contribution in [3.05, 3.63) is 35.9 Å². The van der Waals surface area contributed by atoms with E-state index in [-0.39, 0.29) is 6.61 Å². The third kappa shape index (κ3) is 2.63. The molecule has 5 heteroatoms. The van der Waals surface area contributed by atoms with Crippen molar-refractivity contribution in [3.63, 3.8) is 0 Å². The van der Waals surface area contributed by atoms with Crippen LogP contribution < -0.4 is 0 Å². The van der Waals surface area contributed by atoms with Gasteiger partial charge in [-0.2, -0.15) is 0 Å². The topological polar surface area (TPSA) is 59.0 Å². The smallest absolute Gasteiger partial charge is 0.331 e. The van der Waals surface area contributed by atoms with Crippen molar-refractivity contribution in [2.75, 3.05) is 40.0 Å². The molecule has 1 atom stereocenters.